The SMILES string of the molecule is CCCCC/C=C/CC1C(CCCCCC)C=CC(CCCCCCN)C1CCCCCCN. The number of hydrogen-bond donors (Lipinski definition) is 2. The molecule has 1 aliphatic carbocycles. The van der Waals surface area contributed by atoms with Crippen LogP contribution in [-0.2, 0) is 0 Å². The molecule has 1 rings (SSSR count). The summed E-state index contributed by atoms with van der Waals surface area (Å²) in [6, 6.07) is 0. The Labute approximate surface area is 214 Å². The van der Waals surface area contributed by atoms with Crippen molar-refractivity contribution in [2.45, 2.75) is 142 Å². The van der Waals surface area contributed by atoms with Crippen LogP contribution in [0.15, 0.2) is 24.3 Å². The molecule has 0 fully saturated rings. The van der Waals surface area contributed by atoms with E-state index >= 15 is 0 Å². The Morgan fingerprint density at radius 3 is 1.62 bits per heavy atom. The van der Waals surface area contributed by atoms with E-state index in [9.17, 15) is 0 Å². The molecule has 0 heterocycles. The first-order valence-electron chi connectivity index (χ1n) is 15.5. The van der Waals surface area contributed by atoms with Gasteiger partial charge in [-0.05, 0) is 88.1 Å². The van der Waals surface area contributed by atoms with Crippen LogP contribution >= 0.6 is 0 Å². The van der Waals surface area contributed by atoms with Crippen LogP contribution in [0.3, 0.4) is 0 Å². The van der Waals surface area contributed by atoms with E-state index in [1.54, 1.807) is 0 Å². The van der Waals surface area contributed by atoms with Crippen LogP contribution in [-0.4, -0.2) is 13.1 Å². The van der Waals surface area contributed by atoms with Crippen LogP contribution in [0.5, 0.6) is 0 Å². The van der Waals surface area contributed by atoms with Gasteiger partial charge in [0.25, 0.3) is 0 Å². The van der Waals surface area contributed by atoms with Crippen LogP contribution in [0, 0.1) is 23.7 Å². The average molecular weight is 475 g/mol. The zero-order valence-electron chi connectivity index (χ0n) is 23.3. The predicted molar refractivity (Wildman–Crippen MR) is 154 cm³/mol. The van der Waals surface area contributed by atoms with Gasteiger partial charge in [-0.25, -0.2) is 0 Å². The minimum Gasteiger partial charge on any atom is -0.330 e. The molecular weight excluding hydrogens is 412 g/mol. The van der Waals surface area contributed by atoms with Gasteiger partial charge < -0.3 is 11.5 Å². The highest BCUT2D eigenvalue weighted by Gasteiger charge is 2.34. The van der Waals surface area contributed by atoms with Crippen molar-refractivity contribution in [3.8, 4) is 0 Å². The highest BCUT2D eigenvalue weighted by atomic mass is 14.5. The maximum Gasteiger partial charge on any atom is -0.00773 e. The molecule has 0 saturated heterocycles. The molecule has 0 aromatic carbocycles. The summed E-state index contributed by atoms with van der Waals surface area (Å²) in [4.78, 5) is 0. The zero-order chi connectivity index (χ0) is 24.7. The number of unbranched alkanes of at least 4 members (excludes halogenated alkanes) is 12. The van der Waals surface area contributed by atoms with E-state index in [0.29, 0.717) is 0 Å². The van der Waals surface area contributed by atoms with E-state index in [-0.39, 0.29) is 0 Å². The molecule has 2 nitrogen and oxygen atoms in total. The first-order valence-corrected chi connectivity index (χ1v) is 15.5. The van der Waals surface area contributed by atoms with Gasteiger partial charge in [0, 0.05) is 0 Å². The van der Waals surface area contributed by atoms with Gasteiger partial charge >= 0.3 is 0 Å². The Morgan fingerprint density at radius 2 is 1.03 bits per heavy atom. The summed E-state index contributed by atoms with van der Waals surface area (Å²) >= 11 is 0. The van der Waals surface area contributed by atoms with Crippen molar-refractivity contribution < 1.29 is 0 Å². The first kappa shape index (κ1) is 31.4. The average Bonchev–Trinajstić information content (AvgIpc) is 2.85. The summed E-state index contributed by atoms with van der Waals surface area (Å²) in [6.07, 6.45) is 37.2. The minimum atomic E-state index is 0.790. The number of nitrogens with two attached hydrogens (primary N) is 2. The van der Waals surface area contributed by atoms with Gasteiger partial charge in [-0.1, -0.05) is 115 Å². The minimum absolute atomic E-state index is 0.790. The largest absolute Gasteiger partial charge is 0.330 e. The van der Waals surface area contributed by atoms with Crippen molar-refractivity contribution in [2.24, 2.45) is 35.1 Å². The Hall–Kier alpha value is -0.600. The first-order chi connectivity index (χ1) is 16.8. The van der Waals surface area contributed by atoms with Crippen LogP contribution in [0.1, 0.15) is 142 Å². The molecule has 0 amide bonds. The Kier molecular flexibility index (Phi) is 21.1. The topological polar surface area (TPSA) is 52.0 Å². The summed E-state index contributed by atoms with van der Waals surface area (Å²) in [7, 11) is 0. The Morgan fingerprint density at radius 1 is 0.529 bits per heavy atom. The zero-order valence-corrected chi connectivity index (χ0v) is 23.3. The maximum absolute atomic E-state index is 5.75. The molecule has 4 N–H and O–H groups in total. The number of hydrogen-bond acceptors (Lipinski definition) is 2. The third-order valence-corrected chi connectivity index (χ3v) is 8.18. The quantitative estimate of drug-likeness (QED) is 0.114. The van der Waals surface area contributed by atoms with Crippen molar-refractivity contribution in [3.63, 3.8) is 0 Å². The summed E-state index contributed by atoms with van der Waals surface area (Å²) in [5.41, 5.74) is 11.5. The Balaban J connectivity index is 2.82. The van der Waals surface area contributed by atoms with Gasteiger partial charge in [-0.2, -0.15) is 0 Å². The van der Waals surface area contributed by atoms with E-state index in [4.69, 9.17) is 11.5 Å². The third-order valence-electron chi connectivity index (χ3n) is 8.18. The fourth-order valence-electron chi connectivity index (χ4n) is 6.05. The normalized spacial score (nSPS) is 22.7. The van der Waals surface area contributed by atoms with Gasteiger partial charge in [0.1, 0.15) is 0 Å². The summed E-state index contributed by atoms with van der Waals surface area (Å²) < 4.78 is 0. The van der Waals surface area contributed by atoms with Crippen LogP contribution in [0.2, 0.25) is 0 Å². The lowest BCUT2D eigenvalue weighted by atomic mass is 9.65. The van der Waals surface area contributed by atoms with Crippen molar-refractivity contribution in [3.05, 3.63) is 24.3 Å². The lowest BCUT2D eigenvalue weighted by Gasteiger charge is -2.40. The Bertz CT molecular complexity index is 483. The molecule has 4 unspecified atom stereocenters. The van der Waals surface area contributed by atoms with E-state index in [0.717, 1.165) is 36.8 Å². The second-order valence-corrected chi connectivity index (χ2v) is 11.1. The molecule has 0 bridgehead atoms. The predicted octanol–water partition coefficient (Wildman–Crippen LogP) is 9.34. The van der Waals surface area contributed by atoms with Crippen LogP contribution in [0.4, 0.5) is 0 Å². The van der Waals surface area contributed by atoms with Gasteiger partial charge in [0.2, 0.25) is 0 Å². The monoisotopic (exact) mass is 474 g/mol. The summed E-state index contributed by atoms with van der Waals surface area (Å²) in [6.45, 7) is 6.32. The number of allylic oxidation sites excluding steroid dienone is 4. The van der Waals surface area contributed by atoms with Crippen LogP contribution in [0.25, 0.3) is 0 Å². The fourth-order valence-corrected chi connectivity index (χ4v) is 6.05. The molecule has 0 saturated carbocycles. The molecule has 2 heteroatoms. The third kappa shape index (κ3) is 14.7. The molecule has 34 heavy (non-hydrogen) atoms. The maximum atomic E-state index is 5.75. The van der Waals surface area contributed by atoms with Gasteiger partial charge in [0.05, 0.1) is 0 Å². The second-order valence-electron chi connectivity index (χ2n) is 11.1. The van der Waals surface area contributed by atoms with Crippen molar-refractivity contribution in [2.75, 3.05) is 13.1 Å². The summed E-state index contributed by atoms with van der Waals surface area (Å²) in [5.74, 6) is 3.30. The van der Waals surface area contributed by atoms with E-state index in [1.807, 2.05) is 0 Å². The summed E-state index contributed by atoms with van der Waals surface area (Å²) in [5, 5.41) is 0. The second kappa shape index (κ2) is 22.8. The molecular formula is C32H62N2. The molecule has 4 atom stereocenters. The molecule has 0 radical (unpaired) electrons. The molecule has 0 aromatic heterocycles. The van der Waals surface area contributed by atoms with Crippen LogP contribution < -0.4 is 11.5 Å². The van der Waals surface area contributed by atoms with E-state index in [1.165, 1.54) is 128 Å². The van der Waals surface area contributed by atoms with Gasteiger partial charge in [-0.15, -0.1) is 0 Å². The van der Waals surface area contributed by atoms with Crippen molar-refractivity contribution in [1.29, 1.82) is 0 Å². The van der Waals surface area contributed by atoms with E-state index in [2.05, 4.69) is 38.2 Å². The molecule has 0 aromatic rings. The fraction of sp³-hybridized carbons (Fsp3) is 0.875. The molecule has 0 aliphatic heterocycles. The highest BCUT2D eigenvalue weighted by Crippen LogP contribution is 2.43. The lowest BCUT2D eigenvalue weighted by Crippen LogP contribution is -2.31. The van der Waals surface area contributed by atoms with Gasteiger partial charge in [-0.3, -0.25) is 0 Å². The standard InChI is InChI=1S/C32H62N2/c1-3-5-7-9-10-17-23-31-29(21-15-8-6-4-2)25-26-30(22-16-11-13-19-27-33)32(31)24-18-12-14-20-28-34/h10,17,25-26,29-32H,3-9,11-16,18-24,27-28,33-34H2,1-2H3/b17-10+. The molecule has 200 valence electrons. The van der Waals surface area contributed by atoms with Crippen molar-refractivity contribution >= 4 is 0 Å². The van der Waals surface area contributed by atoms with Crippen molar-refractivity contribution in [1.82, 2.24) is 0 Å². The highest BCUT2D eigenvalue weighted by molar-refractivity contribution is 5.06. The van der Waals surface area contributed by atoms with E-state index < -0.39 is 0 Å². The molecule has 1 aliphatic rings. The van der Waals surface area contributed by atoms with Gasteiger partial charge in [0.15, 0.2) is 0 Å². The molecule has 0 spiro atoms. The lowest BCUT2D eigenvalue weighted by molar-refractivity contribution is 0.160. The smallest absolute Gasteiger partial charge is 0.00773 e. The number of rotatable bonds is 23.